The van der Waals surface area contributed by atoms with Crippen molar-refractivity contribution < 1.29 is 8.63 Å². The van der Waals surface area contributed by atoms with Gasteiger partial charge in [0.2, 0.25) is 5.89 Å². The molecule has 1 aromatic heterocycles. The van der Waals surface area contributed by atoms with E-state index in [0.717, 1.165) is 37.3 Å². The van der Waals surface area contributed by atoms with Gasteiger partial charge in [-0.3, -0.25) is 4.21 Å². The van der Waals surface area contributed by atoms with Gasteiger partial charge in [0, 0.05) is 28.3 Å². The SMILES string of the molecule is CCCNCc1nnc(NC2CCS(=O)CC2)o1. The van der Waals surface area contributed by atoms with Crippen LogP contribution in [0.3, 0.4) is 0 Å². The van der Waals surface area contributed by atoms with Crippen LogP contribution in [0.2, 0.25) is 0 Å². The smallest absolute Gasteiger partial charge is 0.315 e. The summed E-state index contributed by atoms with van der Waals surface area (Å²) in [6, 6.07) is 0.778. The Morgan fingerprint density at radius 1 is 1.39 bits per heavy atom. The third-order valence-electron chi connectivity index (χ3n) is 2.89. The second kappa shape index (κ2) is 6.84. The number of aromatic nitrogens is 2. The van der Waals surface area contributed by atoms with Gasteiger partial charge in [0.15, 0.2) is 0 Å². The molecule has 1 fully saturated rings. The van der Waals surface area contributed by atoms with E-state index in [2.05, 4.69) is 27.8 Å². The summed E-state index contributed by atoms with van der Waals surface area (Å²) in [6.07, 6.45) is 2.88. The molecule has 1 aromatic rings. The first kappa shape index (κ1) is 13.5. The van der Waals surface area contributed by atoms with Gasteiger partial charge in [-0.1, -0.05) is 12.0 Å². The Morgan fingerprint density at radius 3 is 2.89 bits per heavy atom. The van der Waals surface area contributed by atoms with Crippen LogP contribution in [0.1, 0.15) is 32.1 Å². The minimum absolute atomic E-state index is 0.305. The van der Waals surface area contributed by atoms with Crippen molar-refractivity contribution in [3.8, 4) is 0 Å². The first-order valence-corrected chi connectivity index (χ1v) is 7.91. The van der Waals surface area contributed by atoms with Crippen LogP contribution in [0, 0.1) is 0 Å². The monoisotopic (exact) mass is 272 g/mol. The van der Waals surface area contributed by atoms with Crippen molar-refractivity contribution in [3.05, 3.63) is 5.89 Å². The third kappa shape index (κ3) is 4.06. The summed E-state index contributed by atoms with van der Waals surface area (Å²) in [7, 11) is -0.636. The fourth-order valence-corrected chi connectivity index (χ4v) is 3.17. The number of rotatable bonds is 6. The van der Waals surface area contributed by atoms with Crippen LogP contribution in [0.15, 0.2) is 4.42 Å². The van der Waals surface area contributed by atoms with Gasteiger partial charge in [0.05, 0.1) is 6.54 Å². The molecule has 18 heavy (non-hydrogen) atoms. The van der Waals surface area contributed by atoms with E-state index in [-0.39, 0.29) is 0 Å². The Kier molecular flexibility index (Phi) is 5.12. The van der Waals surface area contributed by atoms with E-state index in [1.165, 1.54) is 0 Å². The van der Waals surface area contributed by atoms with E-state index in [1.807, 2.05) is 0 Å². The van der Waals surface area contributed by atoms with Crippen molar-refractivity contribution >= 4 is 16.8 Å². The first-order chi connectivity index (χ1) is 8.78. The number of hydrogen-bond donors (Lipinski definition) is 2. The largest absolute Gasteiger partial charge is 0.407 e. The van der Waals surface area contributed by atoms with Crippen LogP contribution >= 0.6 is 0 Å². The fourth-order valence-electron chi connectivity index (χ4n) is 1.87. The van der Waals surface area contributed by atoms with Crippen LogP contribution < -0.4 is 10.6 Å². The molecule has 0 atom stereocenters. The fraction of sp³-hybridized carbons (Fsp3) is 0.818. The second-order valence-corrected chi connectivity index (χ2v) is 6.14. The normalized spacial score (nSPS) is 24.1. The van der Waals surface area contributed by atoms with Crippen molar-refractivity contribution in [2.45, 2.75) is 38.8 Å². The topological polar surface area (TPSA) is 80.0 Å². The van der Waals surface area contributed by atoms with Crippen molar-refractivity contribution in [2.24, 2.45) is 0 Å². The van der Waals surface area contributed by atoms with Crippen LogP contribution in [0.25, 0.3) is 0 Å². The van der Waals surface area contributed by atoms with Gasteiger partial charge in [0.25, 0.3) is 0 Å². The molecule has 0 bridgehead atoms. The standard InChI is InChI=1S/C11H20N4O2S/c1-2-5-12-8-10-14-15-11(17-10)13-9-3-6-18(16)7-4-9/h9,12H,2-8H2,1H3,(H,13,15). The summed E-state index contributed by atoms with van der Waals surface area (Å²) in [6.45, 7) is 3.66. The molecule has 1 saturated heterocycles. The molecule has 0 unspecified atom stereocenters. The molecule has 1 aliphatic heterocycles. The molecule has 7 heteroatoms. The predicted octanol–water partition coefficient (Wildman–Crippen LogP) is 0.892. The average molecular weight is 272 g/mol. The van der Waals surface area contributed by atoms with E-state index in [1.54, 1.807) is 0 Å². The maximum Gasteiger partial charge on any atom is 0.315 e. The van der Waals surface area contributed by atoms with Gasteiger partial charge in [-0.15, -0.1) is 5.10 Å². The van der Waals surface area contributed by atoms with Gasteiger partial charge in [-0.05, 0) is 25.8 Å². The van der Waals surface area contributed by atoms with E-state index in [0.29, 0.717) is 24.5 Å². The number of nitrogens with one attached hydrogen (secondary N) is 2. The maximum atomic E-state index is 11.2. The second-order valence-electron chi connectivity index (χ2n) is 4.44. The Bertz CT molecular complexity index is 386. The highest BCUT2D eigenvalue weighted by molar-refractivity contribution is 7.85. The van der Waals surface area contributed by atoms with Crippen molar-refractivity contribution in [1.82, 2.24) is 15.5 Å². The lowest BCUT2D eigenvalue weighted by Gasteiger charge is -2.21. The summed E-state index contributed by atoms with van der Waals surface area (Å²) in [5.41, 5.74) is 0. The Labute approximate surface area is 109 Å². The summed E-state index contributed by atoms with van der Waals surface area (Å²) in [4.78, 5) is 0. The number of hydrogen-bond acceptors (Lipinski definition) is 6. The molecule has 0 spiro atoms. The first-order valence-electron chi connectivity index (χ1n) is 6.42. The van der Waals surface area contributed by atoms with E-state index >= 15 is 0 Å². The summed E-state index contributed by atoms with van der Waals surface area (Å²) >= 11 is 0. The van der Waals surface area contributed by atoms with Crippen LogP contribution in [-0.4, -0.2) is 38.5 Å². The molecule has 6 nitrogen and oxygen atoms in total. The van der Waals surface area contributed by atoms with Gasteiger partial charge in [-0.25, -0.2) is 0 Å². The molecule has 0 aromatic carbocycles. The third-order valence-corrected chi connectivity index (χ3v) is 4.27. The highest BCUT2D eigenvalue weighted by atomic mass is 32.2. The Balaban J connectivity index is 1.77. The van der Waals surface area contributed by atoms with Crippen molar-refractivity contribution in [2.75, 3.05) is 23.4 Å². The highest BCUT2D eigenvalue weighted by Crippen LogP contribution is 2.15. The molecule has 0 aliphatic carbocycles. The Morgan fingerprint density at radius 2 is 2.17 bits per heavy atom. The molecule has 1 aliphatic rings. The summed E-state index contributed by atoms with van der Waals surface area (Å²) < 4.78 is 16.7. The lowest BCUT2D eigenvalue weighted by atomic mass is 10.2. The lowest BCUT2D eigenvalue weighted by molar-refractivity contribution is 0.469. The minimum Gasteiger partial charge on any atom is -0.407 e. The van der Waals surface area contributed by atoms with E-state index in [9.17, 15) is 4.21 Å². The molecule has 2 rings (SSSR count). The minimum atomic E-state index is -0.636. The van der Waals surface area contributed by atoms with Crippen LogP contribution in [0.5, 0.6) is 0 Å². The van der Waals surface area contributed by atoms with Crippen LogP contribution in [-0.2, 0) is 17.3 Å². The molecular formula is C11H20N4O2S. The zero-order chi connectivity index (χ0) is 12.8. The molecule has 2 N–H and O–H groups in total. The molecule has 102 valence electrons. The van der Waals surface area contributed by atoms with Gasteiger partial charge in [0.1, 0.15) is 0 Å². The molecule has 2 heterocycles. The summed E-state index contributed by atoms with van der Waals surface area (Å²) in [5.74, 6) is 2.12. The zero-order valence-electron chi connectivity index (χ0n) is 10.6. The molecule has 0 radical (unpaired) electrons. The van der Waals surface area contributed by atoms with E-state index in [4.69, 9.17) is 4.42 Å². The predicted molar refractivity (Wildman–Crippen MR) is 70.8 cm³/mol. The molecule has 0 amide bonds. The average Bonchev–Trinajstić information content (AvgIpc) is 2.80. The van der Waals surface area contributed by atoms with Crippen molar-refractivity contribution in [1.29, 1.82) is 0 Å². The van der Waals surface area contributed by atoms with E-state index < -0.39 is 10.8 Å². The number of nitrogens with zero attached hydrogens (tertiary/aromatic N) is 2. The lowest BCUT2D eigenvalue weighted by Crippen LogP contribution is -2.29. The zero-order valence-corrected chi connectivity index (χ0v) is 11.5. The molecular weight excluding hydrogens is 252 g/mol. The van der Waals surface area contributed by atoms with Gasteiger partial charge < -0.3 is 15.1 Å². The number of anilines is 1. The summed E-state index contributed by atoms with van der Waals surface area (Å²) in [5, 5.41) is 14.4. The maximum absolute atomic E-state index is 11.2. The quantitative estimate of drug-likeness (QED) is 0.749. The highest BCUT2D eigenvalue weighted by Gasteiger charge is 2.19. The van der Waals surface area contributed by atoms with Gasteiger partial charge >= 0.3 is 6.01 Å². The van der Waals surface area contributed by atoms with Gasteiger partial charge in [-0.2, -0.15) is 0 Å². The Hall–Kier alpha value is -0.950. The van der Waals surface area contributed by atoms with Crippen LogP contribution in [0.4, 0.5) is 6.01 Å². The van der Waals surface area contributed by atoms with Crippen molar-refractivity contribution in [3.63, 3.8) is 0 Å². The molecule has 0 saturated carbocycles.